The highest BCUT2D eigenvalue weighted by molar-refractivity contribution is 7.13. The summed E-state index contributed by atoms with van der Waals surface area (Å²) in [6.07, 6.45) is 6.28. The zero-order chi connectivity index (χ0) is 17.1. The summed E-state index contributed by atoms with van der Waals surface area (Å²) < 4.78 is 1.53. The molecule has 3 aromatic heterocycles. The molecule has 0 bridgehead atoms. The number of amides is 1. The summed E-state index contributed by atoms with van der Waals surface area (Å²) in [5.74, 6) is -0.290. The van der Waals surface area contributed by atoms with Gasteiger partial charge in [-0.2, -0.15) is 0 Å². The third kappa shape index (κ3) is 3.23. The third-order valence-corrected chi connectivity index (χ3v) is 4.12. The Labute approximate surface area is 145 Å². The fourth-order valence-corrected chi connectivity index (χ4v) is 2.84. The van der Waals surface area contributed by atoms with Gasteiger partial charge in [-0.3, -0.25) is 14.8 Å². The molecule has 0 aliphatic rings. The van der Waals surface area contributed by atoms with Gasteiger partial charge < -0.3 is 5.32 Å². The van der Waals surface area contributed by atoms with Gasteiger partial charge in [0.2, 0.25) is 0 Å². The average Bonchev–Trinajstić information content (AvgIpc) is 3.35. The highest BCUT2D eigenvalue weighted by atomic mass is 32.1. The van der Waals surface area contributed by atoms with Crippen molar-refractivity contribution in [2.75, 3.05) is 5.32 Å². The van der Waals surface area contributed by atoms with Gasteiger partial charge in [0, 0.05) is 23.5 Å². The number of benzene rings is 1. The number of thiazole rings is 1. The van der Waals surface area contributed by atoms with Crippen molar-refractivity contribution in [1.82, 2.24) is 35.2 Å². The number of carbonyl (C=O) groups excluding carboxylic acids is 1. The first kappa shape index (κ1) is 15.0. The molecular weight excluding hydrogens is 340 g/mol. The van der Waals surface area contributed by atoms with Gasteiger partial charge in [0.25, 0.3) is 5.91 Å². The van der Waals surface area contributed by atoms with Crippen LogP contribution in [0.4, 0.5) is 5.69 Å². The quantitative estimate of drug-likeness (QED) is 0.597. The fraction of sp³-hybridized carbons (Fsp3) is 0. The predicted octanol–water partition coefficient (Wildman–Crippen LogP) is 1.83. The Hall–Kier alpha value is -3.53. The van der Waals surface area contributed by atoms with E-state index in [0.717, 1.165) is 5.69 Å². The molecule has 25 heavy (non-hydrogen) atoms. The number of carbonyl (C=O) groups is 1. The van der Waals surface area contributed by atoms with Crippen molar-refractivity contribution in [3.63, 3.8) is 0 Å². The first-order valence-corrected chi connectivity index (χ1v) is 8.04. The normalized spacial score (nSPS) is 10.6. The molecule has 0 spiro atoms. The molecule has 1 amide bonds. The molecule has 0 fully saturated rings. The number of nitrogens with one attached hydrogen (secondary N) is 1. The predicted molar refractivity (Wildman–Crippen MR) is 90.2 cm³/mol. The molecule has 0 radical (unpaired) electrons. The van der Waals surface area contributed by atoms with Crippen LogP contribution in [0.2, 0.25) is 0 Å². The van der Waals surface area contributed by atoms with Crippen LogP contribution in [0.15, 0.2) is 54.6 Å². The number of nitrogens with zero attached hydrogens (tertiary/aromatic N) is 7. The molecule has 3 heterocycles. The monoisotopic (exact) mass is 350 g/mol. The van der Waals surface area contributed by atoms with E-state index in [-0.39, 0.29) is 5.91 Å². The molecule has 0 atom stereocenters. The molecular formula is C15H10N8OS. The van der Waals surface area contributed by atoms with E-state index < -0.39 is 0 Å². The summed E-state index contributed by atoms with van der Waals surface area (Å²) in [6, 6.07) is 7.14. The summed E-state index contributed by atoms with van der Waals surface area (Å²) in [5.41, 5.74) is 2.41. The lowest BCUT2D eigenvalue weighted by atomic mass is 10.2. The van der Waals surface area contributed by atoms with Gasteiger partial charge in [0.1, 0.15) is 22.7 Å². The Morgan fingerprint density at radius 1 is 1.16 bits per heavy atom. The molecule has 122 valence electrons. The minimum Gasteiger partial charge on any atom is -0.321 e. The fourth-order valence-electron chi connectivity index (χ4n) is 2.08. The van der Waals surface area contributed by atoms with E-state index in [0.29, 0.717) is 22.1 Å². The molecule has 0 unspecified atom stereocenters. The first-order valence-electron chi connectivity index (χ1n) is 7.16. The molecule has 9 nitrogen and oxygen atoms in total. The van der Waals surface area contributed by atoms with Crippen LogP contribution in [0.25, 0.3) is 16.4 Å². The summed E-state index contributed by atoms with van der Waals surface area (Å²) >= 11 is 1.34. The maximum atomic E-state index is 12.3. The van der Waals surface area contributed by atoms with E-state index in [4.69, 9.17) is 0 Å². The average molecular weight is 350 g/mol. The van der Waals surface area contributed by atoms with Crippen LogP contribution >= 0.6 is 11.3 Å². The first-order chi connectivity index (χ1) is 12.3. The van der Waals surface area contributed by atoms with Crippen molar-refractivity contribution in [2.45, 2.75) is 0 Å². The van der Waals surface area contributed by atoms with Gasteiger partial charge in [-0.25, -0.2) is 9.67 Å². The van der Waals surface area contributed by atoms with Crippen LogP contribution in [-0.4, -0.2) is 41.1 Å². The summed E-state index contributed by atoms with van der Waals surface area (Å²) in [6.45, 7) is 0. The molecule has 0 saturated carbocycles. The number of anilines is 1. The van der Waals surface area contributed by atoms with Crippen LogP contribution in [0, 0.1) is 0 Å². The Morgan fingerprint density at radius 2 is 2.04 bits per heavy atom. The third-order valence-electron chi connectivity index (χ3n) is 3.26. The Kier molecular flexibility index (Phi) is 3.92. The SMILES string of the molecule is O=C(Nc1ccc(-n2cnnn2)cc1)c1csc(-c2cnccn2)n1. The zero-order valence-corrected chi connectivity index (χ0v) is 13.5. The number of aromatic nitrogens is 7. The molecule has 10 heteroatoms. The van der Waals surface area contributed by atoms with Gasteiger partial charge >= 0.3 is 0 Å². The topological polar surface area (TPSA) is 111 Å². The van der Waals surface area contributed by atoms with Crippen molar-refractivity contribution in [3.8, 4) is 16.4 Å². The van der Waals surface area contributed by atoms with E-state index in [1.54, 1.807) is 48.2 Å². The minimum absolute atomic E-state index is 0.290. The van der Waals surface area contributed by atoms with E-state index in [9.17, 15) is 4.79 Å². The van der Waals surface area contributed by atoms with E-state index in [2.05, 4.69) is 35.8 Å². The molecule has 0 aliphatic carbocycles. The summed E-state index contributed by atoms with van der Waals surface area (Å²) in [7, 11) is 0. The second kappa shape index (κ2) is 6.53. The smallest absolute Gasteiger partial charge is 0.275 e. The van der Waals surface area contributed by atoms with Crippen molar-refractivity contribution < 1.29 is 4.79 Å². The van der Waals surface area contributed by atoms with Gasteiger partial charge in [-0.1, -0.05) is 0 Å². The molecule has 1 aromatic carbocycles. The Morgan fingerprint density at radius 3 is 2.76 bits per heavy atom. The second-order valence-electron chi connectivity index (χ2n) is 4.88. The summed E-state index contributed by atoms with van der Waals surface area (Å²) in [5, 5.41) is 16.1. The molecule has 4 aromatic rings. The van der Waals surface area contributed by atoms with Crippen molar-refractivity contribution in [2.24, 2.45) is 0 Å². The highest BCUT2D eigenvalue weighted by Crippen LogP contribution is 2.21. The Bertz CT molecular complexity index is 982. The van der Waals surface area contributed by atoms with Crippen LogP contribution in [0.5, 0.6) is 0 Å². The van der Waals surface area contributed by atoms with Crippen molar-refractivity contribution >= 4 is 22.9 Å². The lowest BCUT2D eigenvalue weighted by Gasteiger charge is -2.04. The van der Waals surface area contributed by atoms with E-state index >= 15 is 0 Å². The lowest BCUT2D eigenvalue weighted by Crippen LogP contribution is -2.12. The number of hydrogen-bond acceptors (Lipinski definition) is 8. The lowest BCUT2D eigenvalue weighted by molar-refractivity contribution is 0.102. The molecule has 4 rings (SSSR count). The van der Waals surface area contributed by atoms with Gasteiger partial charge in [0.05, 0.1) is 11.9 Å². The van der Waals surface area contributed by atoms with Crippen LogP contribution in [0.1, 0.15) is 10.5 Å². The van der Waals surface area contributed by atoms with Crippen LogP contribution < -0.4 is 5.32 Å². The minimum atomic E-state index is -0.290. The standard InChI is InChI=1S/C15H10N8OS/c24-14(13-8-25-15(20-13)12-7-16-5-6-17-12)19-10-1-3-11(4-2-10)23-9-18-21-22-23/h1-9H,(H,19,24). The van der Waals surface area contributed by atoms with E-state index in [1.165, 1.54) is 22.3 Å². The largest absolute Gasteiger partial charge is 0.321 e. The van der Waals surface area contributed by atoms with Crippen molar-refractivity contribution in [3.05, 3.63) is 60.3 Å². The summed E-state index contributed by atoms with van der Waals surface area (Å²) in [4.78, 5) is 24.8. The maximum absolute atomic E-state index is 12.3. The maximum Gasteiger partial charge on any atom is 0.275 e. The number of rotatable bonds is 4. The zero-order valence-electron chi connectivity index (χ0n) is 12.6. The molecule has 1 N–H and O–H groups in total. The second-order valence-corrected chi connectivity index (χ2v) is 5.74. The molecule has 0 aliphatic heterocycles. The highest BCUT2D eigenvalue weighted by Gasteiger charge is 2.13. The van der Waals surface area contributed by atoms with Crippen molar-refractivity contribution in [1.29, 1.82) is 0 Å². The van der Waals surface area contributed by atoms with Crippen LogP contribution in [0.3, 0.4) is 0 Å². The van der Waals surface area contributed by atoms with Crippen LogP contribution in [-0.2, 0) is 0 Å². The Balaban J connectivity index is 1.48. The molecule has 0 saturated heterocycles. The number of hydrogen-bond donors (Lipinski definition) is 1. The van der Waals surface area contributed by atoms with E-state index in [1.807, 2.05) is 0 Å². The van der Waals surface area contributed by atoms with Gasteiger partial charge in [-0.15, -0.1) is 16.4 Å². The number of tetrazole rings is 1. The van der Waals surface area contributed by atoms with Gasteiger partial charge in [-0.05, 0) is 34.7 Å². The van der Waals surface area contributed by atoms with Gasteiger partial charge in [0.15, 0.2) is 0 Å².